The Morgan fingerprint density at radius 1 is 1.24 bits per heavy atom. The molecule has 0 unspecified atom stereocenters. The minimum absolute atomic E-state index is 0.0700. The Morgan fingerprint density at radius 2 is 2.00 bits per heavy atom. The number of para-hydroxylation sites is 2. The molecular weight excluding hydrogens is 295 g/mol. The molecule has 106 valence electrons. The summed E-state index contributed by atoms with van der Waals surface area (Å²) >= 11 is 5.99. The number of carbonyl (C=O) groups is 1. The summed E-state index contributed by atoms with van der Waals surface area (Å²) in [6.07, 6.45) is 0. The molecule has 4 nitrogen and oxygen atoms in total. The molecule has 3 aromatic rings. The highest BCUT2D eigenvalue weighted by Crippen LogP contribution is 2.31. The maximum Gasteiger partial charge on any atom is 0.323 e. The lowest BCUT2D eigenvalue weighted by molar-refractivity contribution is -0.137. The van der Waals surface area contributed by atoms with Gasteiger partial charge >= 0.3 is 5.97 Å². The Kier molecular flexibility index (Phi) is 3.35. The highest BCUT2D eigenvalue weighted by Gasteiger charge is 2.18. The molecule has 0 amide bonds. The number of carboxylic acid groups (broad SMARTS) is 1. The quantitative estimate of drug-likeness (QED) is 0.804. The molecular formula is C15H10ClFN2O2. The molecule has 3 rings (SSSR count). The van der Waals surface area contributed by atoms with E-state index in [0.29, 0.717) is 22.4 Å². The predicted molar refractivity (Wildman–Crippen MR) is 77.8 cm³/mol. The van der Waals surface area contributed by atoms with Gasteiger partial charge in [-0.1, -0.05) is 29.8 Å². The molecule has 1 aromatic heterocycles. The average molecular weight is 305 g/mol. The molecule has 2 aromatic carbocycles. The van der Waals surface area contributed by atoms with Crippen molar-refractivity contribution in [3.05, 3.63) is 53.3 Å². The van der Waals surface area contributed by atoms with Gasteiger partial charge in [-0.2, -0.15) is 0 Å². The number of hydrogen-bond acceptors (Lipinski definition) is 2. The van der Waals surface area contributed by atoms with Gasteiger partial charge in [0.05, 0.1) is 16.1 Å². The van der Waals surface area contributed by atoms with E-state index in [1.54, 1.807) is 30.3 Å². The van der Waals surface area contributed by atoms with Gasteiger partial charge in [0, 0.05) is 5.56 Å². The van der Waals surface area contributed by atoms with E-state index in [4.69, 9.17) is 16.7 Å². The lowest BCUT2D eigenvalue weighted by Gasteiger charge is -2.08. The molecule has 0 saturated carbocycles. The number of nitrogens with zero attached hydrogens (tertiary/aromatic N) is 2. The van der Waals surface area contributed by atoms with E-state index >= 15 is 0 Å². The summed E-state index contributed by atoms with van der Waals surface area (Å²) in [5.74, 6) is -1.24. The van der Waals surface area contributed by atoms with Crippen molar-refractivity contribution >= 4 is 28.6 Å². The third-order valence-corrected chi connectivity index (χ3v) is 3.52. The largest absolute Gasteiger partial charge is 0.480 e. The fourth-order valence-electron chi connectivity index (χ4n) is 2.25. The number of aromatic nitrogens is 2. The molecule has 0 saturated heterocycles. The van der Waals surface area contributed by atoms with E-state index in [-0.39, 0.29) is 11.6 Å². The minimum Gasteiger partial charge on any atom is -0.480 e. The van der Waals surface area contributed by atoms with Crippen molar-refractivity contribution in [2.75, 3.05) is 0 Å². The van der Waals surface area contributed by atoms with Gasteiger partial charge < -0.3 is 9.67 Å². The van der Waals surface area contributed by atoms with Gasteiger partial charge in [0.25, 0.3) is 0 Å². The summed E-state index contributed by atoms with van der Waals surface area (Å²) in [6.45, 7) is -0.275. The summed E-state index contributed by atoms with van der Waals surface area (Å²) in [5, 5.41) is 9.01. The summed E-state index contributed by atoms with van der Waals surface area (Å²) < 4.78 is 15.1. The molecule has 0 aliphatic rings. The van der Waals surface area contributed by atoms with Gasteiger partial charge in [0.2, 0.25) is 0 Å². The van der Waals surface area contributed by atoms with Crippen LogP contribution in [0.4, 0.5) is 4.39 Å². The van der Waals surface area contributed by atoms with Crippen molar-refractivity contribution in [3.8, 4) is 11.4 Å². The van der Waals surface area contributed by atoms with Gasteiger partial charge in [-0.05, 0) is 24.3 Å². The molecule has 0 aliphatic heterocycles. The Hall–Kier alpha value is -2.40. The fraction of sp³-hybridized carbons (Fsp3) is 0.0667. The van der Waals surface area contributed by atoms with Crippen LogP contribution in [0.2, 0.25) is 5.02 Å². The van der Waals surface area contributed by atoms with Crippen LogP contribution >= 0.6 is 11.6 Å². The highest BCUT2D eigenvalue weighted by molar-refractivity contribution is 6.33. The van der Waals surface area contributed by atoms with Gasteiger partial charge in [-0.25, -0.2) is 9.37 Å². The smallest absolute Gasteiger partial charge is 0.323 e. The van der Waals surface area contributed by atoms with E-state index in [0.717, 1.165) is 0 Å². The summed E-state index contributed by atoms with van der Waals surface area (Å²) in [6, 6.07) is 11.5. The zero-order valence-electron chi connectivity index (χ0n) is 10.8. The summed E-state index contributed by atoms with van der Waals surface area (Å²) in [7, 11) is 0. The first kappa shape index (κ1) is 13.6. The average Bonchev–Trinajstić information content (AvgIpc) is 2.80. The molecule has 0 spiro atoms. The fourth-order valence-corrected chi connectivity index (χ4v) is 2.46. The Bertz CT molecular complexity index is 845. The van der Waals surface area contributed by atoms with Crippen molar-refractivity contribution in [2.45, 2.75) is 6.54 Å². The van der Waals surface area contributed by atoms with Crippen LogP contribution in [0.15, 0.2) is 42.5 Å². The zero-order chi connectivity index (χ0) is 15.0. The van der Waals surface area contributed by atoms with Crippen molar-refractivity contribution in [1.29, 1.82) is 0 Å². The van der Waals surface area contributed by atoms with Crippen LogP contribution < -0.4 is 0 Å². The van der Waals surface area contributed by atoms with Crippen molar-refractivity contribution < 1.29 is 14.3 Å². The molecule has 0 aliphatic carbocycles. The van der Waals surface area contributed by atoms with Crippen molar-refractivity contribution in [3.63, 3.8) is 0 Å². The third-order valence-electron chi connectivity index (χ3n) is 3.14. The standard InChI is InChI=1S/C15H10ClFN2O2/c16-14-9(4-3-5-10(14)17)15-18-11-6-1-2-7-12(11)19(15)8-13(20)21/h1-7H,8H2,(H,20,21). The van der Waals surface area contributed by atoms with Crippen LogP contribution in [0.3, 0.4) is 0 Å². The normalized spacial score (nSPS) is 11.0. The van der Waals surface area contributed by atoms with E-state index in [1.165, 1.54) is 16.7 Å². The Balaban J connectivity index is 2.31. The highest BCUT2D eigenvalue weighted by atomic mass is 35.5. The second kappa shape index (κ2) is 5.18. The first-order valence-electron chi connectivity index (χ1n) is 6.19. The van der Waals surface area contributed by atoms with Crippen LogP contribution in [-0.4, -0.2) is 20.6 Å². The van der Waals surface area contributed by atoms with E-state index in [2.05, 4.69) is 4.98 Å². The van der Waals surface area contributed by atoms with Gasteiger partial charge in [-0.3, -0.25) is 4.79 Å². The van der Waals surface area contributed by atoms with E-state index < -0.39 is 11.8 Å². The second-order valence-electron chi connectivity index (χ2n) is 4.51. The Labute approximate surface area is 124 Å². The van der Waals surface area contributed by atoms with Crippen molar-refractivity contribution in [1.82, 2.24) is 9.55 Å². The number of aliphatic carboxylic acids is 1. The van der Waals surface area contributed by atoms with Crippen LogP contribution in [0.25, 0.3) is 22.4 Å². The minimum atomic E-state index is -1.01. The van der Waals surface area contributed by atoms with Gasteiger partial charge in [0.15, 0.2) is 0 Å². The molecule has 0 radical (unpaired) electrons. The molecule has 1 heterocycles. The number of halogens is 2. The number of fused-ring (bicyclic) bond motifs is 1. The topological polar surface area (TPSA) is 55.1 Å². The number of rotatable bonds is 3. The van der Waals surface area contributed by atoms with Gasteiger partial charge in [0.1, 0.15) is 18.2 Å². The van der Waals surface area contributed by atoms with Crippen LogP contribution in [-0.2, 0) is 11.3 Å². The van der Waals surface area contributed by atoms with Crippen LogP contribution in [0.5, 0.6) is 0 Å². The van der Waals surface area contributed by atoms with E-state index in [9.17, 15) is 9.18 Å². The lowest BCUT2D eigenvalue weighted by Crippen LogP contribution is -2.10. The first-order chi connectivity index (χ1) is 10.1. The first-order valence-corrected chi connectivity index (χ1v) is 6.57. The molecule has 21 heavy (non-hydrogen) atoms. The second-order valence-corrected chi connectivity index (χ2v) is 4.88. The Morgan fingerprint density at radius 3 is 2.76 bits per heavy atom. The van der Waals surface area contributed by atoms with Crippen LogP contribution in [0.1, 0.15) is 0 Å². The molecule has 0 bridgehead atoms. The summed E-state index contributed by atoms with van der Waals surface area (Å²) in [4.78, 5) is 15.5. The number of hydrogen-bond donors (Lipinski definition) is 1. The third kappa shape index (κ3) is 2.36. The monoisotopic (exact) mass is 304 g/mol. The molecule has 0 fully saturated rings. The summed E-state index contributed by atoms with van der Waals surface area (Å²) in [5.41, 5.74) is 1.67. The number of imidazole rings is 1. The molecule has 0 atom stereocenters. The lowest BCUT2D eigenvalue weighted by atomic mass is 10.2. The molecule has 1 N–H and O–H groups in total. The number of benzene rings is 2. The van der Waals surface area contributed by atoms with Crippen molar-refractivity contribution in [2.24, 2.45) is 0 Å². The maximum absolute atomic E-state index is 13.6. The predicted octanol–water partition coefficient (Wildman–Crippen LogP) is 3.58. The SMILES string of the molecule is O=C(O)Cn1c(-c2cccc(F)c2Cl)nc2ccccc21. The van der Waals surface area contributed by atoms with Crippen LogP contribution in [0, 0.1) is 5.82 Å². The number of carboxylic acids is 1. The molecule has 6 heteroatoms. The van der Waals surface area contributed by atoms with Gasteiger partial charge in [-0.15, -0.1) is 0 Å². The zero-order valence-corrected chi connectivity index (χ0v) is 11.5. The maximum atomic E-state index is 13.6. The van der Waals surface area contributed by atoms with E-state index in [1.807, 2.05) is 0 Å².